The van der Waals surface area contributed by atoms with Crippen molar-refractivity contribution in [3.05, 3.63) is 65.5 Å². The number of carbonyl (C=O) groups is 1. The van der Waals surface area contributed by atoms with Crippen LogP contribution in [-0.4, -0.2) is 15.9 Å². The van der Waals surface area contributed by atoms with Gasteiger partial charge in [-0.15, -0.1) is 0 Å². The molecule has 2 aromatic carbocycles. The summed E-state index contributed by atoms with van der Waals surface area (Å²) in [6.45, 7) is 2.17. The normalized spacial score (nSPS) is 10.5. The molecule has 6 heteroatoms. The van der Waals surface area contributed by atoms with E-state index in [9.17, 15) is 4.79 Å². The van der Waals surface area contributed by atoms with Crippen LogP contribution in [0.25, 0.3) is 11.0 Å². The molecule has 0 radical (unpaired) electrons. The van der Waals surface area contributed by atoms with Crippen molar-refractivity contribution >= 4 is 16.9 Å². The van der Waals surface area contributed by atoms with E-state index in [1.807, 2.05) is 31.2 Å². The zero-order chi connectivity index (χ0) is 16.2. The molecule has 0 aliphatic heterocycles. The van der Waals surface area contributed by atoms with Gasteiger partial charge in [0.05, 0.1) is 22.4 Å². The minimum atomic E-state index is -0.364. The summed E-state index contributed by atoms with van der Waals surface area (Å²) in [6, 6.07) is 14.5. The molecule has 3 aromatic rings. The van der Waals surface area contributed by atoms with Gasteiger partial charge in [0.1, 0.15) is 12.4 Å². The SMILES string of the molecule is Cc1nc2ccccc2nc1COc1cccc(C(=O)NN)c1. The Morgan fingerprint density at radius 1 is 1.13 bits per heavy atom. The summed E-state index contributed by atoms with van der Waals surface area (Å²) in [6.07, 6.45) is 0. The van der Waals surface area contributed by atoms with Crippen molar-refractivity contribution < 1.29 is 9.53 Å². The Morgan fingerprint density at radius 3 is 2.61 bits per heavy atom. The number of carbonyl (C=O) groups excluding carboxylic acids is 1. The van der Waals surface area contributed by atoms with E-state index >= 15 is 0 Å². The third-order valence-corrected chi connectivity index (χ3v) is 3.45. The first-order valence-corrected chi connectivity index (χ1v) is 7.13. The average molecular weight is 308 g/mol. The Kier molecular flexibility index (Phi) is 4.16. The Bertz CT molecular complexity index is 864. The van der Waals surface area contributed by atoms with E-state index < -0.39 is 0 Å². The molecule has 1 aromatic heterocycles. The number of ether oxygens (including phenoxy) is 1. The van der Waals surface area contributed by atoms with Crippen LogP contribution in [0.3, 0.4) is 0 Å². The number of aryl methyl sites for hydroxylation is 1. The van der Waals surface area contributed by atoms with Gasteiger partial charge in [-0.05, 0) is 37.3 Å². The van der Waals surface area contributed by atoms with Crippen molar-refractivity contribution in [3.63, 3.8) is 0 Å². The zero-order valence-corrected chi connectivity index (χ0v) is 12.6. The molecular weight excluding hydrogens is 292 g/mol. The maximum atomic E-state index is 11.5. The molecule has 6 nitrogen and oxygen atoms in total. The summed E-state index contributed by atoms with van der Waals surface area (Å²) < 4.78 is 5.73. The first-order chi connectivity index (χ1) is 11.2. The first-order valence-electron chi connectivity index (χ1n) is 7.13. The van der Waals surface area contributed by atoms with E-state index in [-0.39, 0.29) is 12.5 Å². The number of nitrogens with two attached hydrogens (primary N) is 1. The van der Waals surface area contributed by atoms with E-state index in [1.54, 1.807) is 24.3 Å². The highest BCUT2D eigenvalue weighted by molar-refractivity contribution is 5.94. The summed E-state index contributed by atoms with van der Waals surface area (Å²) in [5, 5.41) is 0. The fourth-order valence-electron chi connectivity index (χ4n) is 2.22. The van der Waals surface area contributed by atoms with Crippen molar-refractivity contribution in [2.75, 3.05) is 0 Å². The molecule has 0 aliphatic carbocycles. The lowest BCUT2D eigenvalue weighted by atomic mass is 10.2. The Labute approximate surface area is 133 Å². The van der Waals surface area contributed by atoms with Crippen LogP contribution >= 0.6 is 0 Å². The van der Waals surface area contributed by atoms with Gasteiger partial charge in [-0.1, -0.05) is 18.2 Å². The minimum absolute atomic E-state index is 0.275. The molecule has 3 rings (SSSR count). The smallest absolute Gasteiger partial charge is 0.265 e. The van der Waals surface area contributed by atoms with Crippen LogP contribution in [0.2, 0.25) is 0 Å². The van der Waals surface area contributed by atoms with Gasteiger partial charge in [0.25, 0.3) is 5.91 Å². The standard InChI is InChI=1S/C17H16N4O2/c1-11-16(20-15-8-3-2-7-14(15)19-11)10-23-13-6-4-5-12(9-13)17(22)21-18/h2-9H,10,18H2,1H3,(H,21,22). The Hall–Kier alpha value is -2.99. The van der Waals surface area contributed by atoms with Crippen LogP contribution in [0.4, 0.5) is 0 Å². The number of fused-ring (bicyclic) bond motifs is 1. The van der Waals surface area contributed by atoms with Crippen molar-refractivity contribution in [2.24, 2.45) is 5.84 Å². The summed E-state index contributed by atoms with van der Waals surface area (Å²) in [4.78, 5) is 20.6. The van der Waals surface area contributed by atoms with Gasteiger partial charge in [-0.25, -0.2) is 15.8 Å². The molecule has 0 saturated heterocycles. The minimum Gasteiger partial charge on any atom is -0.487 e. The van der Waals surface area contributed by atoms with Crippen molar-refractivity contribution in [1.29, 1.82) is 0 Å². The van der Waals surface area contributed by atoms with Gasteiger partial charge >= 0.3 is 0 Å². The van der Waals surface area contributed by atoms with Gasteiger partial charge < -0.3 is 4.74 Å². The van der Waals surface area contributed by atoms with Crippen molar-refractivity contribution in [1.82, 2.24) is 15.4 Å². The number of nitrogens with one attached hydrogen (secondary N) is 1. The number of amides is 1. The molecule has 1 amide bonds. The number of benzene rings is 2. The monoisotopic (exact) mass is 308 g/mol. The summed E-state index contributed by atoms with van der Waals surface area (Å²) >= 11 is 0. The average Bonchev–Trinajstić information content (AvgIpc) is 2.59. The number of hydrogen-bond acceptors (Lipinski definition) is 5. The number of hydrogen-bond donors (Lipinski definition) is 2. The van der Waals surface area contributed by atoms with E-state index in [2.05, 4.69) is 15.4 Å². The van der Waals surface area contributed by atoms with Gasteiger partial charge in [-0.3, -0.25) is 10.2 Å². The number of aromatic nitrogens is 2. The molecule has 0 aliphatic rings. The van der Waals surface area contributed by atoms with Gasteiger partial charge in [0.15, 0.2) is 0 Å². The fraction of sp³-hybridized carbons (Fsp3) is 0.118. The van der Waals surface area contributed by atoms with Crippen LogP contribution < -0.4 is 16.0 Å². The molecule has 0 atom stereocenters. The van der Waals surface area contributed by atoms with E-state index in [1.165, 1.54) is 0 Å². The quantitative estimate of drug-likeness (QED) is 0.438. The van der Waals surface area contributed by atoms with Crippen LogP contribution in [0, 0.1) is 6.92 Å². The lowest BCUT2D eigenvalue weighted by molar-refractivity contribution is 0.0953. The maximum Gasteiger partial charge on any atom is 0.265 e. The lowest BCUT2D eigenvalue weighted by Crippen LogP contribution is -2.29. The van der Waals surface area contributed by atoms with Gasteiger partial charge in [0.2, 0.25) is 0 Å². The highest BCUT2D eigenvalue weighted by atomic mass is 16.5. The summed E-state index contributed by atoms with van der Waals surface area (Å²) in [7, 11) is 0. The van der Waals surface area contributed by atoms with E-state index in [4.69, 9.17) is 10.6 Å². The third kappa shape index (κ3) is 3.27. The second kappa shape index (κ2) is 6.41. The van der Waals surface area contributed by atoms with E-state index in [0.717, 1.165) is 22.4 Å². The molecule has 116 valence electrons. The fourth-order valence-corrected chi connectivity index (χ4v) is 2.22. The van der Waals surface area contributed by atoms with Crippen LogP contribution in [-0.2, 0) is 6.61 Å². The molecular formula is C17H16N4O2. The molecule has 0 fully saturated rings. The molecule has 0 unspecified atom stereocenters. The van der Waals surface area contributed by atoms with Crippen molar-refractivity contribution in [3.8, 4) is 5.75 Å². The Morgan fingerprint density at radius 2 is 1.87 bits per heavy atom. The third-order valence-electron chi connectivity index (χ3n) is 3.45. The highest BCUT2D eigenvalue weighted by Gasteiger charge is 2.08. The number of hydrazine groups is 1. The van der Waals surface area contributed by atoms with Crippen molar-refractivity contribution in [2.45, 2.75) is 13.5 Å². The molecule has 1 heterocycles. The lowest BCUT2D eigenvalue weighted by Gasteiger charge is -2.09. The van der Waals surface area contributed by atoms with Gasteiger partial charge in [0, 0.05) is 5.56 Å². The Balaban J connectivity index is 1.80. The zero-order valence-electron chi connectivity index (χ0n) is 12.6. The summed E-state index contributed by atoms with van der Waals surface area (Å²) in [5.41, 5.74) is 5.80. The topological polar surface area (TPSA) is 90.1 Å². The summed E-state index contributed by atoms with van der Waals surface area (Å²) in [5.74, 6) is 5.34. The maximum absolute atomic E-state index is 11.5. The van der Waals surface area contributed by atoms with Gasteiger partial charge in [-0.2, -0.15) is 0 Å². The predicted molar refractivity (Wildman–Crippen MR) is 86.7 cm³/mol. The first kappa shape index (κ1) is 14.9. The molecule has 23 heavy (non-hydrogen) atoms. The molecule has 3 N–H and O–H groups in total. The number of nitrogen functional groups attached to an aromatic ring is 1. The largest absolute Gasteiger partial charge is 0.487 e. The number of nitrogens with zero attached hydrogens (tertiary/aromatic N) is 2. The van der Waals surface area contributed by atoms with Crippen LogP contribution in [0.1, 0.15) is 21.7 Å². The second-order valence-electron chi connectivity index (χ2n) is 5.03. The highest BCUT2D eigenvalue weighted by Crippen LogP contribution is 2.17. The number of para-hydroxylation sites is 2. The van der Waals surface area contributed by atoms with Crippen LogP contribution in [0.5, 0.6) is 5.75 Å². The van der Waals surface area contributed by atoms with E-state index in [0.29, 0.717) is 11.3 Å². The molecule has 0 spiro atoms. The second-order valence-corrected chi connectivity index (χ2v) is 5.03. The van der Waals surface area contributed by atoms with Crippen LogP contribution in [0.15, 0.2) is 48.5 Å². The number of rotatable bonds is 4. The predicted octanol–water partition coefficient (Wildman–Crippen LogP) is 2.12. The molecule has 0 bridgehead atoms. The molecule has 0 saturated carbocycles.